The standard InChI is InChI=1S/C11H19N3O/c1-11(2,12-3)9(15)5-6-10-13-7-8-14(10)4/h7-8,12H,5-6H2,1-4H3. The van der Waals surface area contributed by atoms with Gasteiger partial charge in [0, 0.05) is 32.3 Å². The van der Waals surface area contributed by atoms with E-state index in [1.807, 2.05) is 31.7 Å². The average Bonchev–Trinajstić information content (AvgIpc) is 2.60. The Hall–Kier alpha value is -1.16. The van der Waals surface area contributed by atoms with Gasteiger partial charge in [0.05, 0.1) is 5.54 Å². The van der Waals surface area contributed by atoms with Gasteiger partial charge >= 0.3 is 0 Å². The quantitative estimate of drug-likeness (QED) is 0.784. The third kappa shape index (κ3) is 2.89. The molecular weight excluding hydrogens is 190 g/mol. The highest BCUT2D eigenvalue weighted by molar-refractivity contribution is 5.87. The minimum atomic E-state index is -0.439. The van der Waals surface area contributed by atoms with Crippen molar-refractivity contribution in [2.75, 3.05) is 7.05 Å². The molecule has 1 N–H and O–H groups in total. The average molecular weight is 209 g/mol. The van der Waals surface area contributed by atoms with Gasteiger partial charge in [0.25, 0.3) is 0 Å². The Kier molecular flexibility index (Phi) is 3.63. The number of imidazole rings is 1. The Bertz CT molecular complexity index is 341. The molecule has 1 heterocycles. The Morgan fingerprint density at radius 3 is 2.73 bits per heavy atom. The summed E-state index contributed by atoms with van der Waals surface area (Å²) in [5.74, 6) is 1.17. The molecule has 0 fully saturated rings. The van der Waals surface area contributed by atoms with Gasteiger partial charge < -0.3 is 9.88 Å². The maximum Gasteiger partial charge on any atom is 0.152 e. The molecule has 15 heavy (non-hydrogen) atoms. The van der Waals surface area contributed by atoms with Gasteiger partial charge in [-0.3, -0.25) is 4.79 Å². The zero-order valence-electron chi connectivity index (χ0n) is 9.87. The lowest BCUT2D eigenvalue weighted by Gasteiger charge is -2.21. The van der Waals surface area contributed by atoms with Crippen molar-refractivity contribution in [3.05, 3.63) is 18.2 Å². The van der Waals surface area contributed by atoms with E-state index in [9.17, 15) is 4.79 Å². The van der Waals surface area contributed by atoms with Crippen LogP contribution < -0.4 is 5.32 Å². The predicted octanol–water partition coefficient (Wildman–Crippen LogP) is 0.920. The molecule has 1 rings (SSSR count). The van der Waals surface area contributed by atoms with Gasteiger partial charge in [-0.2, -0.15) is 0 Å². The second kappa shape index (κ2) is 4.57. The van der Waals surface area contributed by atoms with Crippen molar-refractivity contribution in [1.29, 1.82) is 0 Å². The summed E-state index contributed by atoms with van der Waals surface area (Å²) in [5.41, 5.74) is -0.439. The Balaban J connectivity index is 2.52. The lowest BCUT2D eigenvalue weighted by atomic mass is 9.96. The lowest BCUT2D eigenvalue weighted by molar-refractivity contribution is -0.124. The van der Waals surface area contributed by atoms with Crippen LogP contribution in [0.15, 0.2) is 12.4 Å². The summed E-state index contributed by atoms with van der Waals surface area (Å²) in [6, 6.07) is 0. The van der Waals surface area contributed by atoms with Gasteiger partial charge in [-0.05, 0) is 20.9 Å². The van der Waals surface area contributed by atoms with Gasteiger partial charge in [0.15, 0.2) is 5.78 Å². The van der Waals surface area contributed by atoms with Crippen LogP contribution in [-0.2, 0) is 18.3 Å². The summed E-state index contributed by atoms with van der Waals surface area (Å²) >= 11 is 0. The summed E-state index contributed by atoms with van der Waals surface area (Å²) in [4.78, 5) is 16.0. The van der Waals surface area contributed by atoms with E-state index >= 15 is 0 Å². The Morgan fingerprint density at radius 2 is 2.27 bits per heavy atom. The highest BCUT2D eigenvalue weighted by Crippen LogP contribution is 2.08. The third-order valence-electron chi connectivity index (χ3n) is 2.82. The number of likely N-dealkylation sites (N-methyl/N-ethyl adjacent to an activating group) is 1. The largest absolute Gasteiger partial charge is 0.338 e. The molecule has 0 aliphatic heterocycles. The minimum absolute atomic E-state index is 0.216. The van der Waals surface area contributed by atoms with E-state index in [4.69, 9.17) is 0 Å². The molecule has 1 aromatic heterocycles. The molecule has 1 aromatic rings. The van der Waals surface area contributed by atoms with Crippen LogP contribution in [-0.4, -0.2) is 27.9 Å². The van der Waals surface area contributed by atoms with Crippen LogP contribution >= 0.6 is 0 Å². The van der Waals surface area contributed by atoms with Crippen LogP contribution in [0.5, 0.6) is 0 Å². The maximum absolute atomic E-state index is 11.8. The van der Waals surface area contributed by atoms with Gasteiger partial charge in [0.2, 0.25) is 0 Å². The molecule has 4 heteroatoms. The van der Waals surface area contributed by atoms with Crippen LogP contribution in [0.2, 0.25) is 0 Å². The molecule has 0 aromatic carbocycles. The number of carbonyl (C=O) groups is 1. The molecular formula is C11H19N3O. The summed E-state index contributed by atoms with van der Waals surface area (Å²) < 4.78 is 1.94. The highest BCUT2D eigenvalue weighted by Gasteiger charge is 2.24. The maximum atomic E-state index is 11.8. The summed E-state index contributed by atoms with van der Waals surface area (Å²) in [7, 11) is 3.74. The summed E-state index contributed by atoms with van der Waals surface area (Å²) in [5, 5.41) is 3.01. The Labute approximate surface area is 90.7 Å². The monoisotopic (exact) mass is 209 g/mol. The number of Topliss-reactive ketones (excluding diaryl/α,β-unsaturated/α-hetero) is 1. The van der Waals surface area contributed by atoms with E-state index in [0.29, 0.717) is 12.8 Å². The molecule has 0 saturated carbocycles. The van der Waals surface area contributed by atoms with E-state index in [1.165, 1.54) is 0 Å². The molecule has 0 amide bonds. The van der Waals surface area contributed by atoms with E-state index in [-0.39, 0.29) is 5.78 Å². The van der Waals surface area contributed by atoms with Crippen molar-refractivity contribution in [3.8, 4) is 0 Å². The molecule has 0 radical (unpaired) electrons. The highest BCUT2D eigenvalue weighted by atomic mass is 16.1. The number of rotatable bonds is 5. The first-order valence-electron chi connectivity index (χ1n) is 5.16. The van der Waals surface area contributed by atoms with Gasteiger partial charge in [-0.1, -0.05) is 0 Å². The molecule has 0 bridgehead atoms. The van der Waals surface area contributed by atoms with Crippen molar-refractivity contribution in [2.24, 2.45) is 7.05 Å². The number of ketones is 1. The predicted molar refractivity (Wildman–Crippen MR) is 59.7 cm³/mol. The SMILES string of the molecule is CNC(C)(C)C(=O)CCc1nccn1C. The number of carbonyl (C=O) groups excluding carboxylic acids is 1. The van der Waals surface area contributed by atoms with Crippen molar-refractivity contribution in [1.82, 2.24) is 14.9 Å². The van der Waals surface area contributed by atoms with Crippen LogP contribution in [0, 0.1) is 0 Å². The van der Waals surface area contributed by atoms with Gasteiger partial charge in [0.1, 0.15) is 5.82 Å². The van der Waals surface area contributed by atoms with Crippen molar-refractivity contribution in [3.63, 3.8) is 0 Å². The first-order chi connectivity index (χ1) is 6.97. The number of nitrogens with zero attached hydrogens (tertiary/aromatic N) is 2. The lowest BCUT2D eigenvalue weighted by Crippen LogP contribution is -2.44. The van der Waals surface area contributed by atoms with Crippen molar-refractivity contribution in [2.45, 2.75) is 32.2 Å². The van der Waals surface area contributed by atoms with E-state index in [1.54, 1.807) is 13.2 Å². The molecule has 4 nitrogen and oxygen atoms in total. The molecule has 0 spiro atoms. The molecule has 0 aliphatic rings. The zero-order valence-corrected chi connectivity index (χ0v) is 9.87. The van der Waals surface area contributed by atoms with Gasteiger partial charge in [-0.25, -0.2) is 4.98 Å². The van der Waals surface area contributed by atoms with Crippen molar-refractivity contribution < 1.29 is 4.79 Å². The van der Waals surface area contributed by atoms with Crippen molar-refractivity contribution >= 4 is 5.78 Å². The van der Waals surface area contributed by atoms with Gasteiger partial charge in [-0.15, -0.1) is 0 Å². The fraction of sp³-hybridized carbons (Fsp3) is 0.636. The summed E-state index contributed by atoms with van der Waals surface area (Å²) in [6.07, 6.45) is 4.87. The molecule has 84 valence electrons. The minimum Gasteiger partial charge on any atom is -0.338 e. The smallest absolute Gasteiger partial charge is 0.152 e. The number of hydrogen-bond acceptors (Lipinski definition) is 3. The number of aromatic nitrogens is 2. The number of hydrogen-bond donors (Lipinski definition) is 1. The third-order valence-corrected chi connectivity index (χ3v) is 2.82. The topological polar surface area (TPSA) is 46.9 Å². The first kappa shape index (κ1) is 11.9. The first-order valence-corrected chi connectivity index (χ1v) is 5.16. The zero-order chi connectivity index (χ0) is 11.5. The molecule has 0 atom stereocenters. The van der Waals surface area contributed by atoms with Crippen LogP contribution in [0.3, 0.4) is 0 Å². The number of nitrogens with one attached hydrogen (secondary N) is 1. The second-order valence-electron chi connectivity index (χ2n) is 4.25. The molecule has 0 saturated heterocycles. The molecule has 0 unspecified atom stereocenters. The second-order valence-corrected chi connectivity index (χ2v) is 4.25. The Morgan fingerprint density at radius 1 is 1.60 bits per heavy atom. The summed E-state index contributed by atoms with van der Waals surface area (Å²) in [6.45, 7) is 3.79. The van der Waals surface area contributed by atoms with Crippen LogP contribution in [0.1, 0.15) is 26.1 Å². The van der Waals surface area contributed by atoms with Crippen LogP contribution in [0.4, 0.5) is 0 Å². The van der Waals surface area contributed by atoms with E-state index in [0.717, 1.165) is 5.82 Å². The fourth-order valence-corrected chi connectivity index (χ4v) is 1.31. The normalized spacial score (nSPS) is 11.7. The fourth-order valence-electron chi connectivity index (χ4n) is 1.31. The van der Waals surface area contributed by atoms with E-state index < -0.39 is 5.54 Å². The molecule has 0 aliphatic carbocycles. The van der Waals surface area contributed by atoms with Crippen LogP contribution in [0.25, 0.3) is 0 Å². The number of aryl methyl sites for hydroxylation is 2. The van der Waals surface area contributed by atoms with E-state index in [2.05, 4.69) is 10.3 Å².